The summed E-state index contributed by atoms with van der Waals surface area (Å²) >= 11 is 1.29. The van der Waals surface area contributed by atoms with Gasteiger partial charge >= 0.3 is 0 Å². The number of hydrogen-bond donors (Lipinski definition) is 2. The Balaban J connectivity index is 2.18. The number of hydrogen-bond acceptors (Lipinski definition) is 3. The summed E-state index contributed by atoms with van der Waals surface area (Å²) in [4.78, 5) is 12.6. The molecule has 0 saturated carbocycles. The van der Waals surface area contributed by atoms with Crippen LogP contribution in [0.15, 0.2) is 36.4 Å². The first-order valence-electron chi connectivity index (χ1n) is 5.45. The van der Waals surface area contributed by atoms with Crippen molar-refractivity contribution in [2.24, 2.45) is 0 Å². The van der Waals surface area contributed by atoms with E-state index in [1.54, 1.807) is 12.1 Å². The fourth-order valence-corrected chi connectivity index (χ4v) is 2.28. The molecule has 2 aromatic rings. The predicted molar refractivity (Wildman–Crippen MR) is 72.5 cm³/mol. The molecule has 17 heavy (non-hydrogen) atoms. The molecular formula is C13H14N2OS. The first-order valence-corrected chi connectivity index (χ1v) is 6.27. The normalized spacial score (nSPS) is 10.2. The Morgan fingerprint density at radius 2 is 2.06 bits per heavy atom. The number of para-hydroxylation sites is 1. The predicted octanol–water partition coefficient (Wildman–Crippen LogP) is 3.15. The summed E-state index contributed by atoms with van der Waals surface area (Å²) in [5.41, 5.74) is 7.60. The molecule has 1 heterocycles. The Labute approximate surface area is 104 Å². The van der Waals surface area contributed by atoms with Crippen molar-refractivity contribution in [2.75, 3.05) is 11.1 Å². The van der Waals surface area contributed by atoms with Crippen molar-refractivity contribution in [3.05, 3.63) is 46.8 Å². The van der Waals surface area contributed by atoms with Gasteiger partial charge in [0.15, 0.2) is 0 Å². The minimum Gasteiger partial charge on any atom is -0.391 e. The number of benzene rings is 1. The molecule has 4 heteroatoms. The number of thiophene rings is 1. The lowest BCUT2D eigenvalue weighted by molar-refractivity contribution is 0.103. The first kappa shape index (κ1) is 11.7. The van der Waals surface area contributed by atoms with Gasteiger partial charge in [-0.2, -0.15) is 0 Å². The highest BCUT2D eigenvalue weighted by Crippen LogP contribution is 2.21. The van der Waals surface area contributed by atoms with Crippen LogP contribution in [0.3, 0.4) is 0 Å². The second kappa shape index (κ2) is 5.01. The van der Waals surface area contributed by atoms with Crippen molar-refractivity contribution in [1.82, 2.24) is 0 Å². The largest absolute Gasteiger partial charge is 0.391 e. The second-order valence-corrected chi connectivity index (χ2v) is 4.78. The van der Waals surface area contributed by atoms with Gasteiger partial charge in [0.1, 0.15) is 0 Å². The van der Waals surface area contributed by atoms with Gasteiger partial charge in [0.25, 0.3) is 5.91 Å². The minimum absolute atomic E-state index is 0.104. The number of anilines is 2. The van der Waals surface area contributed by atoms with E-state index in [-0.39, 0.29) is 5.91 Å². The topological polar surface area (TPSA) is 55.1 Å². The van der Waals surface area contributed by atoms with E-state index in [2.05, 4.69) is 12.2 Å². The van der Waals surface area contributed by atoms with E-state index in [0.717, 1.165) is 17.7 Å². The van der Waals surface area contributed by atoms with Crippen LogP contribution in [0.2, 0.25) is 0 Å². The zero-order chi connectivity index (χ0) is 12.3. The van der Waals surface area contributed by atoms with Gasteiger partial charge in [-0.3, -0.25) is 4.79 Å². The zero-order valence-corrected chi connectivity index (χ0v) is 10.4. The van der Waals surface area contributed by atoms with Gasteiger partial charge in [0.2, 0.25) is 0 Å². The smallest absolute Gasteiger partial charge is 0.265 e. The summed E-state index contributed by atoms with van der Waals surface area (Å²) in [7, 11) is 0. The lowest BCUT2D eigenvalue weighted by Gasteiger charge is -2.08. The van der Waals surface area contributed by atoms with E-state index >= 15 is 0 Å². The highest BCUT2D eigenvalue weighted by molar-refractivity contribution is 7.17. The third-order valence-electron chi connectivity index (χ3n) is 2.50. The molecule has 0 aliphatic rings. The fourth-order valence-electron chi connectivity index (χ4n) is 1.61. The van der Waals surface area contributed by atoms with Gasteiger partial charge in [-0.05, 0) is 30.2 Å². The summed E-state index contributed by atoms with van der Waals surface area (Å²) in [6.45, 7) is 2.06. The third-order valence-corrected chi connectivity index (χ3v) is 3.41. The molecule has 0 fully saturated rings. The Morgan fingerprint density at radius 1 is 1.29 bits per heavy atom. The summed E-state index contributed by atoms with van der Waals surface area (Å²) in [5, 5.41) is 3.56. The van der Waals surface area contributed by atoms with Crippen LogP contribution in [0.25, 0.3) is 0 Å². The number of nitrogen functional groups attached to an aromatic ring is 1. The highest BCUT2D eigenvalue weighted by atomic mass is 32.1. The van der Waals surface area contributed by atoms with Crippen LogP contribution < -0.4 is 11.1 Å². The molecule has 2 rings (SSSR count). The standard InChI is InChI=1S/C13H14N2OS/c1-2-9-5-3-4-6-10(9)15-13(16)11-7-8-12(14)17-11/h3-8H,2,14H2,1H3,(H,15,16). The summed E-state index contributed by atoms with van der Waals surface area (Å²) in [5.74, 6) is -0.104. The van der Waals surface area contributed by atoms with Gasteiger partial charge < -0.3 is 11.1 Å². The van der Waals surface area contributed by atoms with Crippen LogP contribution >= 0.6 is 11.3 Å². The molecule has 3 nitrogen and oxygen atoms in total. The van der Waals surface area contributed by atoms with Gasteiger partial charge in [-0.25, -0.2) is 0 Å². The SMILES string of the molecule is CCc1ccccc1NC(=O)c1ccc(N)s1. The highest BCUT2D eigenvalue weighted by Gasteiger charge is 2.09. The summed E-state index contributed by atoms with van der Waals surface area (Å²) in [6.07, 6.45) is 0.892. The monoisotopic (exact) mass is 246 g/mol. The van der Waals surface area contributed by atoms with Crippen molar-refractivity contribution in [1.29, 1.82) is 0 Å². The second-order valence-electron chi connectivity index (χ2n) is 3.67. The number of rotatable bonds is 3. The van der Waals surface area contributed by atoms with Crippen LogP contribution in [0.4, 0.5) is 10.7 Å². The van der Waals surface area contributed by atoms with E-state index in [0.29, 0.717) is 9.88 Å². The van der Waals surface area contributed by atoms with E-state index in [1.165, 1.54) is 11.3 Å². The van der Waals surface area contributed by atoms with E-state index < -0.39 is 0 Å². The van der Waals surface area contributed by atoms with Gasteiger partial charge in [0.05, 0.1) is 9.88 Å². The van der Waals surface area contributed by atoms with Crippen molar-refractivity contribution in [3.63, 3.8) is 0 Å². The number of aryl methyl sites for hydroxylation is 1. The Kier molecular flexibility index (Phi) is 3.44. The number of nitrogens with one attached hydrogen (secondary N) is 1. The maximum atomic E-state index is 11.9. The molecule has 0 spiro atoms. The fraction of sp³-hybridized carbons (Fsp3) is 0.154. The molecule has 3 N–H and O–H groups in total. The summed E-state index contributed by atoms with van der Waals surface area (Å²) in [6, 6.07) is 11.3. The number of amides is 1. The molecule has 1 amide bonds. The molecule has 1 aromatic carbocycles. The van der Waals surface area contributed by atoms with Crippen LogP contribution in [0, 0.1) is 0 Å². The third kappa shape index (κ3) is 2.65. The zero-order valence-electron chi connectivity index (χ0n) is 9.57. The van der Waals surface area contributed by atoms with E-state index in [9.17, 15) is 4.79 Å². The number of nitrogens with two attached hydrogens (primary N) is 1. The Bertz CT molecular complexity index is 534. The summed E-state index contributed by atoms with van der Waals surface area (Å²) < 4.78 is 0. The van der Waals surface area contributed by atoms with Gasteiger partial charge in [0, 0.05) is 5.69 Å². The molecule has 0 saturated heterocycles. The van der Waals surface area contributed by atoms with Crippen molar-refractivity contribution in [3.8, 4) is 0 Å². The minimum atomic E-state index is -0.104. The first-order chi connectivity index (χ1) is 8.20. The molecule has 88 valence electrons. The van der Waals surface area contributed by atoms with Crippen LogP contribution in [-0.2, 0) is 6.42 Å². The van der Waals surface area contributed by atoms with E-state index in [4.69, 9.17) is 5.73 Å². The number of carbonyl (C=O) groups is 1. The van der Waals surface area contributed by atoms with Crippen molar-refractivity contribution < 1.29 is 4.79 Å². The maximum Gasteiger partial charge on any atom is 0.265 e. The molecular weight excluding hydrogens is 232 g/mol. The average Bonchev–Trinajstić information content (AvgIpc) is 2.77. The van der Waals surface area contributed by atoms with Crippen molar-refractivity contribution in [2.45, 2.75) is 13.3 Å². The lowest BCUT2D eigenvalue weighted by atomic mass is 10.1. The molecule has 1 aromatic heterocycles. The van der Waals surface area contributed by atoms with Crippen LogP contribution in [-0.4, -0.2) is 5.91 Å². The Hall–Kier alpha value is -1.81. The molecule has 0 bridgehead atoms. The van der Waals surface area contributed by atoms with Gasteiger partial charge in [-0.1, -0.05) is 25.1 Å². The molecule has 0 radical (unpaired) electrons. The van der Waals surface area contributed by atoms with Gasteiger partial charge in [-0.15, -0.1) is 11.3 Å². The molecule has 0 unspecified atom stereocenters. The number of carbonyl (C=O) groups excluding carboxylic acids is 1. The average molecular weight is 246 g/mol. The quantitative estimate of drug-likeness (QED) is 0.874. The van der Waals surface area contributed by atoms with Crippen LogP contribution in [0.5, 0.6) is 0 Å². The van der Waals surface area contributed by atoms with Crippen LogP contribution in [0.1, 0.15) is 22.2 Å². The lowest BCUT2D eigenvalue weighted by Crippen LogP contribution is -2.11. The Morgan fingerprint density at radius 3 is 2.71 bits per heavy atom. The molecule has 0 aliphatic carbocycles. The van der Waals surface area contributed by atoms with Crippen molar-refractivity contribution >= 4 is 27.9 Å². The van der Waals surface area contributed by atoms with E-state index in [1.807, 2.05) is 24.3 Å². The molecule has 0 atom stereocenters. The maximum absolute atomic E-state index is 11.9. The molecule has 0 aliphatic heterocycles.